The summed E-state index contributed by atoms with van der Waals surface area (Å²) in [4.78, 5) is 0. The van der Waals surface area contributed by atoms with Crippen LogP contribution in [0.4, 0.5) is 0 Å². The van der Waals surface area contributed by atoms with Crippen LogP contribution in [0.5, 0.6) is 11.5 Å². The van der Waals surface area contributed by atoms with Gasteiger partial charge in [-0.25, -0.2) is 0 Å². The number of hydrogen-bond donors (Lipinski definition) is 0. The first-order valence-corrected chi connectivity index (χ1v) is 7.16. The van der Waals surface area contributed by atoms with E-state index in [9.17, 15) is 0 Å². The summed E-state index contributed by atoms with van der Waals surface area (Å²) in [6.45, 7) is 11.8. The van der Waals surface area contributed by atoms with Crippen molar-refractivity contribution in [3.63, 3.8) is 0 Å². The Hall–Kier alpha value is -1.44. The van der Waals surface area contributed by atoms with Crippen LogP contribution in [0.25, 0.3) is 0 Å². The Morgan fingerprint density at radius 3 is 2.63 bits per heavy atom. The summed E-state index contributed by atoms with van der Waals surface area (Å²) < 4.78 is 11.5. The molecule has 2 heteroatoms. The summed E-state index contributed by atoms with van der Waals surface area (Å²) in [5.74, 6) is 2.47. The Bertz CT molecular complexity index is 383. The molecule has 1 aromatic rings. The van der Waals surface area contributed by atoms with Gasteiger partial charge in [0.1, 0.15) is 11.5 Å². The molecule has 1 rings (SSSR count). The number of rotatable bonds is 9. The first kappa shape index (κ1) is 15.6. The van der Waals surface area contributed by atoms with Gasteiger partial charge in [-0.05, 0) is 36.8 Å². The van der Waals surface area contributed by atoms with Gasteiger partial charge in [0.25, 0.3) is 0 Å². The third-order valence-corrected chi connectivity index (χ3v) is 2.83. The van der Waals surface area contributed by atoms with Gasteiger partial charge < -0.3 is 9.47 Å². The Morgan fingerprint density at radius 1 is 1.21 bits per heavy atom. The first-order valence-electron chi connectivity index (χ1n) is 7.16. The van der Waals surface area contributed by atoms with Gasteiger partial charge >= 0.3 is 0 Å². The first-order chi connectivity index (χ1) is 9.17. The quantitative estimate of drug-likeness (QED) is 0.604. The second-order valence-corrected chi connectivity index (χ2v) is 5.14. The maximum absolute atomic E-state index is 5.78. The zero-order chi connectivity index (χ0) is 14.1. The van der Waals surface area contributed by atoms with Gasteiger partial charge in [-0.1, -0.05) is 32.9 Å². The van der Waals surface area contributed by atoms with Crippen LogP contribution < -0.4 is 9.47 Å². The van der Waals surface area contributed by atoms with E-state index in [0.717, 1.165) is 44.0 Å². The lowest BCUT2D eigenvalue weighted by Crippen LogP contribution is -2.03. The molecule has 0 fully saturated rings. The molecule has 0 aliphatic carbocycles. The van der Waals surface area contributed by atoms with E-state index in [1.165, 1.54) is 5.56 Å². The monoisotopic (exact) mass is 262 g/mol. The van der Waals surface area contributed by atoms with Crippen LogP contribution in [0.2, 0.25) is 0 Å². The Balaban J connectivity index is 2.69. The van der Waals surface area contributed by atoms with Crippen molar-refractivity contribution in [2.75, 3.05) is 13.2 Å². The molecule has 0 saturated carbocycles. The summed E-state index contributed by atoms with van der Waals surface area (Å²) >= 11 is 0. The van der Waals surface area contributed by atoms with Gasteiger partial charge in [-0.2, -0.15) is 0 Å². The summed E-state index contributed by atoms with van der Waals surface area (Å²) in [7, 11) is 0. The average Bonchev–Trinajstić information content (AvgIpc) is 2.38. The van der Waals surface area contributed by atoms with Gasteiger partial charge in [0, 0.05) is 6.07 Å². The van der Waals surface area contributed by atoms with Gasteiger partial charge in [0.15, 0.2) is 0 Å². The Labute approximate surface area is 117 Å². The molecule has 0 bridgehead atoms. The van der Waals surface area contributed by atoms with E-state index in [0.29, 0.717) is 5.92 Å². The van der Waals surface area contributed by atoms with Gasteiger partial charge in [0.05, 0.1) is 13.2 Å². The van der Waals surface area contributed by atoms with Crippen molar-refractivity contribution in [2.24, 2.45) is 5.92 Å². The molecular weight excluding hydrogens is 236 g/mol. The normalized spacial score (nSPS) is 10.5. The molecule has 0 aliphatic heterocycles. The minimum absolute atomic E-state index is 0.663. The van der Waals surface area contributed by atoms with Gasteiger partial charge in [-0.3, -0.25) is 0 Å². The fourth-order valence-electron chi connectivity index (χ4n) is 1.71. The maximum atomic E-state index is 5.78. The SMILES string of the molecule is C=CCc1ccc(OCCC(C)C)cc1OCCC. The van der Waals surface area contributed by atoms with Crippen LogP contribution in [-0.2, 0) is 6.42 Å². The molecule has 0 unspecified atom stereocenters. The van der Waals surface area contributed by atoms with Crippen LogP contribution in [0.15, 0.2) is 30.9 Å². The number of hydrogen-bond acceptors (Lipinski definition) is 2. The van der Waals surface area contributed by atoms with E-state index in [4.69, 9.17) is 9.47 Å². The zero-order valence-electron chi connectivity index (χ0n) is 12.4. The van der Waals surface area contributed by atoms with E-state index < -0.39 is 0 Å². The molecular formula is C17H26O2. The third kappa shape index (κ3) is 5.82. The fourth-order valence-corrected chi connectivity index (χ4v) is 1.71. The molecule has 0 N–H and O–H groups in total. The number of ether oxygens (including phenoxy) is 2. The Kier molecular flexibility index (Phi) is 7.09. The molecule has 0 aliphatic rings. The van der Waals surface area contributed by atoms with Crippen molar-refractivity contribution < 1.29 is 9.47 Å². The van der Waals surface area contributed by atoms with E-state index in [1.807, 2.05) is 18.2 Å². The van der Waals surface area contributed by atoms with Crippen molar-refractivity contribution in [1.82, 2.24) is 0 Å². The lowest BCUT2D eigenvalue weighted by atomic mass is 10.1. The molecule has 106 valence electrons. The highest BCUT2D eigenvalue weighted by Crippen LogP contribution is 2.26. The van der Waals surface area contributed by atoms with Crippen molar-refractivity contribution in [3.05, 3.63) is 36.4 Å². The molecule has 19 heavy (non-hydrogen) atoms. The highest BCUT2D eigenvalue weighted by Gasteiger charge is 2.05. The highest BCUT2D eigenvalue weighted by atomic mass is 16.5. The number of allylic oxidation sites excluding steroid dienone is 1. The molecule has 0 aromatic heterocycles. The van der Waals surface area contributed by atoms with Crippen molar-refractivity contribution in [2.45, 2.75) is 40.0 Å². The van der Waals surface area contributed by atoms with Crippen LogP contribution in [0.3, 0.4) is 0 Å². The zero-order valence-corrected chi connectivity index (χ0v) is 12.4. The molecule has 0 atom stereocenters. The minimum atomic E-state index is 0.663. The molecule has 0 saturated heterocycles. The van der Waals surface area contributed by atoms with Crippen molar-refractivity contribution in [1.29, 1.82) is 0 Å². The lowest BCUT2D eigenvalue weighted by molar-refractivity contribution is 0.282. The van der Waals surface area contributed by atoms with E-state index in [1.54, 1.807) is 0 Å². The minimum Gasteiger partial charge on any atom is -0.493 e. The summed E-state index contributed by atoms with van der Waals surface area (Å²) in [5, 5.41) is 0. The van der Waals surface area contributed by atoms with Crippen LogP contribution in [0.1, 0.15) is 39.2 Å². The summed E-state index contributed by atoms with van der Waals surface area (Å²) in [6.07, 6.45) is 4.80. The molecule has 0 amide bonds. The molecule has 1 aromatic carbocycles. The second kappa shape index (κ2) is 8.63. The highest BCUT2D eigenvalue weighted by molar-refractivity contribution is 5.41. The van der Waals surface area contributed by atoms with E-state index >= 15 is 0 Å². The average molecular weight is 262 g/mol. The van der Waals surface area contributed by atoms with Gasteiger partial charge in [-0.15, -0.1) is 6.58 Å². The summed E-state index contributed by atoms with van der Waals surface area (Å²) in [6, 6.07) is 6.07. The molecule has 0 heterocycles. The standard InChI is InChI=1S/C17H26O2/c1-5-7-15-8-9-16(18-12-10-14(3)4)13-17(15)19-11-6-2/h5,8-9,13-14H,1,6-7,10-12H2,2-4H3. The van der Waals surface area contributed by atoms with E-state index in [2.05, 4.69) is 33.4 Å². The fraction of sp³-hybridized carbons (Fsp3) is 0.529. The summed E-state index contributed by atoms with van der Waals surface area (Å²) in [5.41, 5.74) is 1.17. The van der Waals surface area contributed by atoms with Crippen LogP contribution in [-0.4, -0.2) is 13.2 Å². The number of benzene rings is 1. The lowest BCUT2D eigenvalue weighted by Gasteiger charge is -2.13. The van der Waals surface area contributed by atoms with Crippen LogP contribution >= 0.6 is 0 Å². The Morgan fingerprint density at radius 2 is 2.00 bits per heavy atom. The predicted octanol–water partition coefficient (Wildman–Crippen LogP) is 4.63. The van der Waals surface area contributed by atoms with Crippen LogP contribution in [0, 0.1) is 5.92 Å². The van der Waals surface area contributed by atoms with Gasteiger partial charge in [0.2, 0.25) is 0 Å². The maximum Gasteiger partial charge on any atom is 0.126 e. The molecule has 0 radical (unpaired) electrons. The predicted molar refractivity (Wildman–Crippen MR) is 81.1 cm³/mol. The third-order valence-electron chi connectivity index (χ3n) is 2.83. The molecule has 0 spiro atoms. The molecule has 2 nitrogen and oxygen atoms in total. The second-order valence-electron chi connectivity index (χ2n) is 5.14. The van der Waals surface area contributed by atoms with Crippen molar-refractivity contribution >= 4 is 0 Å². The smallest absolute Gasteiger partial charge is 0.126 e. The largest absolute Gasteiger partial charge is 0.493 e. The van der Waals surface area contributed by atoms with Crippen molar-refractivity contribution in [3.8, 4) is 11.5 Å². The topological polar surface area (TPSA) is 18.5 Å². The van der Waals surface area contributed by atoms with E-state index in [-0.39, 0.29) is 0 Å².